The molecule has 26 heteroatoms. The van der Waals surface area contributed by atoms with Crippen molar-refractivity contribution in [3.63, 3.8) is 0 Å². The Hall–Kier alpha value is -6.93. The van der Waals surface area contributed by atoms with Gasteiger partial charge in [-0.25, -0.2) is 0 Å². The highest BCUT2D eigenvalue weighted by Gasteiger charge is 2.45. The Morgan fingerprint density at radius 2 is 1.28 bits per heavy atom. The third-order valence-corrected chi connectivity index (χ3v) is 16.2. The zero-order valence-corrected chi connectivity index (χ0v) is 54.0. The molecule has 15 N–H and O–H groups in total. The molecule has 0 aliphatic carbocycles. The summed E-state index contributed by atoms with van der Waals surface area (Å²) >= 11 is 0. The molecular weight excluding hydrogens is 1130 g/mol. The number of nitrogens with one attached hydrogen (secondary N) is 6. The number of hydrogen-bond donors (Lipinski definition) is 11. The van der Waals surface area contributed by atoms with E-state index in [0.29, 0.717) is 19.4 Å². The molecule has 2 saturated heterocycles. The van der Waals surface area contributed by atoms with E-state index in [1.165, 1.54) is 37.6 Å². The van der Waals surface area contributed by atoms with E-state index in [0.717, 1.165) is 42.8 Å². The molecule has 26 nitrogen and oxygen atoms in total. The Kier molecular flexibility index (Phi) is 32.9. The van der Waals surface area contributed by atoms with Gasteiger partial charge in [-0.3, -0.25) is 52.9 Å². The maximum absolute atomic E-state index is 15.0. The van der Waals surface area contributed by atoms with E-state index in [4.69, 9.17) is 22.9 Å². The normalized spacial score (nSPS) is 18.8. The second kappa shape index (κ2) is 38.5. The predicted molar refractivity (Wildman–Crippen MR) is 337 cm³/mol. The Morgan fingerprint density at radius 3 is 1.89 bits per heavy atom. The van der Waals surface area contributed by atoms with Crippen LogP contribution in [0, 0.1) is 23.7 Å². The predicted octanol–water partition coefficient (Wildman–Crippen LogP) is 0.679. The van der Waals surface area contributed by atoms with E-state index in [-0.39, 0.29) is 93.7 Å². The summed E-state index contributed by atoms with van der Waals surface area (Å²) in [6.07, 6.45) is 8.42. The van der Waals surface area contributed by atoms with E-state index in [1.54, 1.807) is 46.7 Å². The van der Waals surface area contributed by atoms with Crippen molar-refractivity contribution in [3.8, 4) is 0 Å². The number of amides is 9. The first-order valence-electron chi connectivity index (χ1n) is 31.7. The first-order valence-corrected chi connectivity index (χ1v) is 31.7. The van der Waals surface area contributed by atoms with Crippen molar-refractivity contribution in [1.82, 2.24) is 51.5 Å². The van der Waals surface area contributed by atoms with Crippen LogP contribution in [0.1, 0.15) is 150 Å². The monoisotopic (exact) mass is 1240 g/mol. The number of guanidine groups is 1. The van der Waals surface area contributed by atoms with Crippen molar-refractivity contribution < 1.29 is 53.1 Å². The van der Waals surface area contributed by atoms with E-state index < -0.39 is 114 Å². The molecule has 0 unspecified atom stereocenters. The molecule has 2 fully saturated rings. The SMILES string of the molecule is CCCCCCCCN1CCC[C@H](C(=O)N[C@@H](Cc2ccccc2)C(=O)N[C@@H](CN(C)C)C(=O)N[C@@H](CC(C)C)C(=O)N2C[C@@H](N)C[C@H]2C(=O)N(C)[C@@H](CC(C)C)C(=O)N[C@@H](CC(=O)O)C(=O)N[C@@H](CCCN=C(N)N)C(=O)N[C@H](C(N)=O)[C@@H](C)CC)C1. The van der Waals surface area contributed by atoms with Crippen molar-refractivity contribution >= 4 is 65.1 Å². The first kappa shape index (κ1) is 75.3. The van der Waals surface area contributed by atoms with Gasteiger partial charge in [-0.1, -0.05) is 117 Å². The molecule has 0 aromatic heterocycles. The fourth-order valence-electron chi connectivity index (χ4n) is 11.2. The molecule has 2 aliphatic heterocycles. The lowest BCUT2D eigenvalue weighted by Crippen LogP contribution is -2.61. The number of aliphatic carboxylic acids is 1. The Morgan fingerprint density at radius 1 is 0.693 bits per heavy atom. The molecular formula is C62H107N15O11. The first-order chi connectivity index (χ1) is 41.6. The van der Waals surface area contributed by atoms with Crippen LogP contribution in [0.4, 0.5) is 0 Å². The fourth-order valence-corrected chi connectivity index (χ4v) is 11.2. The fraction of sp³-hybridized carbons (Fsp3) is 0.726. The largest absolute Gasteiger partial charge is 0.481 e. The van der Waals surface area contributed by atoms with Crippen LogP contribution in [-0.2, 0) is 54.4 Å². The number of carboxylic acid groups (broad SMARTS) is 1. The van der Waals surface area contributed by atoms with Gasteiger partial charge in [0.25, 0.3) is 0 Å². The maximum Gasteiger partial charge on any atom is 0.305 e. The molecule has 0 saturated carbocycles. The number of rotatable bonds is 39. The third-order valence-electron chi connectivity index (χ3n) is 16.2. The standard InChI is InChI=1S/C62H107N15O11/c1-11-13-14-15-16-20-28-76-29-22-25-42(35-76)54(81)69-45(32-41-23-18-17-19-24-41)56(83)72-48(37-74(8)9)58(85)71-47(30-38(3)4)60(87)77-36-43(63)33-50(77)61(88)75(10)49(31-39(5)6)59(86)70-46(34-51(78)79)57(84)68-44(26-21-27-67-62(65)66)55(82)73-52(53(64)80)40(7)12-2/h17-19,23-24,38-40,42-50,52H,11-16,20-22,25-37,63H2,1-10H3,(H2,64,80)(H,68,84)(H,69,81)(H,70,86)(H,71,85)(H,72,83)(H,73,82)(H,78,79)(H4,65,66,67)/t40-,42-,43-,44-,45-,46-,47-,48-,49-,50-,52-/m0/s1. The number of benzene rings is 1. The van der Waals surface area contributed by atoms with Gasteiger partial charge in [0, 0.05) is 45.7 Å². The van der Waals surface area contributed by atoms with Crippen molar-refractivity contribution in [2.75, 3.05) is 60.4 Å². The number of primary amides is 1. The number of aliphatic imine (C=N–C) groups is 1. The van der Waals surface area contributed by atoms with Crippen LogP contribution in [0.5, 0.6) is 0 Å². The van der Waals surface area contributed by atoms with Crippen molar-refractivity contribution in [1.29, 1.82) is 0 Å². The van der Waals surface area contributed by atoms with E-state index in [1.807, 2.05) is 44.2 Å². The highest BCUT2D eigenvalue weighted by molar-refractivity contribution is 5.99. The van der Waals surface area contributed by atoms with Gasteiger partial charge in [-0.05, 0) is 102 Å². The number of nitrogens with zero attached hydrogens (tertiary/aromatic N) is 5. The summed E-state index contributed by atoms with van der Waals surface area (Å²) < 4.78 is 0. The molecule has 496 valence electrons. The highest BCUT2D eigenvalue weighted by Crippen LogP contribution is 2.25. The van der Waals surface area contributed by atoms with Crippen LogP contribution in [0.3, 0.4) is 0 Å². The van der Waals surface area contributed by atoms with Gasteiger partial charge < -0.3 is 79.5 Å². The van der Waals surface area contributed by atoms with Gasteiger partial charge in [-0.2, -0.15) is 0 Å². The number of unbranched alkanes of at least 4 members (excludes halogenated alkanes) is 5. The topological polar surface area (TPSA) is 393 Å². The molecule has 0 bridgehead atoms. The zero-order chi connectivity index (χ0) is 65.8. The van der Waals surface area contributed by atoms with Crippen LogP contribution in [0.2, 0.25) is 0 Å². The minimum Gasteiger partial charge on any atom is -0.481 e. The number of likely N-dealkylation sites (tertiary alicyclic amines) is 2. The summed E-state index contributed by atoms with van der Waals surface area (Å²) in [5.74, 6) is -9.24. The van der Waals surface area contributed by atoms with Crippen LogP contribution < -0.4 is 54.8 Å². The molecule has 88 heavy (non-hydrogen) atoms. The Labute approximate surface area is 521 Å². The molecule has 0 radical (unpaired) electrons. The summed E-state index contributed by atoms with van der Waals surface area (Å²) in [5, 5.41) is 26.4. The highest BCUT2D eigenvalue weighted by atomic mass is 16.4. The molecule has 11 atom stereocenters. The summed E-state index contributed by atoms with van der Waals surface area (Å²) in [7, 11) is 4.82. The van der Waals surface area contributed by atoms with Crippen molar-refractivity contribution in [3.05, 3.63) is 35.9 Å². The summed E-state index contributed by atoms with van der Waals surface area (Å²) in [6.45, 7) is 15.4. The molecule has 2 heterocycles. The number of carbonyl (C=O) groups is 10. The smallest absolute Gasteiger partial charge is 0.305 e. The van der Waals surface area contributed by atoms with Crippen molar-refractivity contribution in [2.45, 2.75) is 206 Å². The minimum absolute atomic E-state index is 0.0154. The average Bonchev–Trinajstić information content (AvgIpc) is 3.19. The van der Waals surface area contributed by atoms with E-state index >= 15 is 0 Å². The van der Waals surface area contributed by atoms with E-state index in [2.05, 4.69) is 48.7 Å². The van der Waals surface area contributed by atoms with Gasteiger partial charge in [0.15, 0.2) is 5.96 Å². The van der Waals surface area contributed by atoms with Crippen LogP contribution in [0.15, 0.2) is 35.3 Å². The van der Waals surface area contributed by atoms with Gasteiger partial charge in [-0.15, -0.1) is 0 Å². The molecule has 3 rings (SSSR count). The maximum atomic E-state index is 15.0. The number of carbonyl (C=O) groups excluding carboxylic acids is 9. The molecule has 2 aliphatic rings. The number of likely N-dealkylation sites (N-methyl/N-ethyl adjacent to an activating group) is 2. The number of carboxylic acids is 1. The second-order valence-electron chi connectivity index (χ2n) is 25.2. The quantitative estimate of drug-likeness (QED) is 0.0245. The Balaban J connectivity index is 1.89. The lowest BCUT2D eigenvalue weighted by molar-refractivity contribution is -0.149. The van der Waals surface area contributed by atoms with Gasteiger partial charge in [0.1, 0.15) is 48.3 Å². The molecule has 1 aromatic carbocycles. The summed E-state index contributed by atoms with van der Waals surface area (Å²) in [6, 6.07) is -1.74. The second-order valence-corrected chi connectivity index (χ2v) is 25.2. The van der Waals surface area contributed by atoms with Crippen LogP contribution >= 0.6 is 0 Å². The number of hydrogen-bond acceptors (Lipinski definition) is 14. The molecule has 0 spiro atoms. The van der Waals surface area contributed by atoms with Crippen molar-refractivity contribution in [2.24, 2.45) is 51.6 Å². The zero-order valence-electron chi connectivity index (χ0n) is 54.0. The average molecular weight is 1240 g/mol. The van der Waals surface area contributed by atoms with Crippen LogP contribution in [-0.4, -0.2) is 205 Å². The van der Waals surface area contributed by atoms with Gasteiger partial charge >= 0.3 is 5.97 Å². The van der Waals surface area contributed by atoms with Gasteiger partial charge in [0.05, 0.1) is 12.3 Å². The summed E-state index contributed by atoms with van der Waals surface area (Å²) in [5.41, 5.74) is 23.9. The minimum atomic E-state index is -1.78. The number of piperidine rings is 1. The molecule has 9 amide bonds. The summed E-state index contributed by atoms with van der Waals surface area (Å²) in [4.78, 5) is 150. The lowest BCUT2D eigenvalue weighted by atomic mass is 9.95. The molecule has 1 aromatic rings. The Bertz CT molecular complexity index is 2460. The number of nitrogens with two attached hydrogens (primary N) is 4. The van der Waals surface area contributed by atoms with Gasteiger partial charge in [0.2, 0.25) is 53.2 Å². The van der Waals surface area contributed by atoms with E-state index in [9.17, 15) is 53.1 Å². The van der Waals surface area contributed by atoms with Crippen LogP contribution in [0.25, 0.3) is 0 Å². The lowest BCUT2D eigenvalue weighted by Gasteiger charge is -2.35. The third kappa shape index (κ3) is 26.0.